The first-order chi connectivity index (χ1) is 6.02. The van der Waals surface area contributed by atoms with E-state index in [0.29, 0.717) is 0 Å². The van der Waals surface area contributed by atoms with E-state index in [4.69, 9.17) is 4.89 Å². The van der Waals surface area contributed by atoms with Crippen molar-refractivity contribution in [2.24, 2.45) is 0 Å². The Morgan fingerprint density at radius 2 is 1.77 bits per heavy atom. The first-order valence-corrected chi connectivity index (χ1v) is 5.72. The van der Waals surface area contributed by atoms with Gasteiger partial charge in [-0.1, -0.05) is 18.2 Å². The summed E-state index contributed by atoms with van der Waals surface area (Å²) >= 11 is 0. The molecule has 1 aromatic carbocycles. The lowest BCUT2D eigenvalue weighted by atomic mass is 10.4. The van der Waals surface area contributed by atoms with Gasteiger partial charge >= 0.3 is 18.4 Å². The molecule has 0 fully saturated rings. The minimum atomic E-state index is -4.09. The highest BCUT2D eigenvalue weighted by Crippen LogP contribution is 2.24. The maximum atomic E-state index is 11.1. The van der Waals surface area contributed by atoms with Crippen LogP contribution >= 0.6 is 8.25 Å². The van der Waals surface area contributed by atoms with Gasteiger partial charge in [-0.3, -0.25) is 0 Å². The Morgan fingerprint density at radius 1 is 1.23 bits per heavy atom. The minimum absolute atomic E-state index is 0.146. The van der Waals surface area contributed by atoms with E-state index >= 15 is 0 Å². The van der Waals surface area contributed by atoms with E-state index in [1.165, 1.54) is 24.3 Å². The lowest BCUT2D eigenvalue weighted by Gasteiger charge is -1.93. The number of hydrogen-bond donors (Lipinski definition) is 1. The van der Waals surface area contributed by atoms with Crippen molar-refractivity contribution in [3.05, 3.63) is 30.3 Å². The van der Waals surface area contributed by atoms with Gasteiger partial charge in [-0.15, -0.1) is 4.89 Å². The van der Waals surface area contributed by atoms with Gasteiger partial charge in [0.25, 0.3) is 0 Å². The fourth-order valence-electron chi connectivity index (χ4n) is 0.714. The van der Waals surface area contributed by atoms with Crippen molar-refractivity contribution in [1.29, 1.82) is 0 Å². The highest BCUT2D eigenvalue weighted by molar-refractivity contribution is 7.89. The number of benzene rings is 1. The summed E-state index contributed by atoms with van der Waals surface area (Å²) in [6.07, 6.45) is 0. The van der Waals surface area contributed by atoms with Gasteiger partial charge in [0.2, 0.25) is 0 Å². The SMILES string of the molecule is O=[P+](O)OS(=O)(=O)c1ccccc1. The van der Waals surface area contributed by atoms with Gasteiger partial charge in [-0.05, 0) is 12.1 Å². The molecule has 0 aliphatic carbocycles. The van der Waals surface area contributed by atoms with Crippen LogP contribution in [0.4, 0.5) is 0 Å². The maximum Gasteiger partial charge on any atom is 0.712 e. The van der Waals surface area contributed by atoms with Crippen LogP contribution in [-0.4, -0.2) is 13.3 Å². The Morgan fingerprint density at radius 3 is 2.23 bits per heavy atom. The number of hydrogen-bond acceptors (Lipinski definition) is 4. The van der Waals surface area contributed by atoms with Crippen molar-refractivity contribution < 1.29 is 21.8 Å². The molecule has 7 heteroatoms. The highest BCUT2D eigenvalue weighted by Gasteiger charge is 2.28. The molecule has 1 N–H and O–H groups in total. The van der Waals surface area contributed by atoms with E-state index in [1.807, 2.05) is 0 Å². The average molecular weight is 221 g/mol. The van der Waals surface area contributed by atoms with Crippen molar-refractivity contribution in [3.63, 3.8) is 0 Å². The topological polar surface area (TPSA) is 80.7 Å². The zero-order valence-electron chi connectivity index (χ0n) is 6.32. The summed E-state index contributed by atoms with van der Waals surface area (Å²) in [5.41, 5.74) is 0. The first-order valence-electron chi connectivity index (χ1n) is 3.18. The molecule has 0 aliphatic rings. The van der Waals surface area contributed by atoms with Gasteiger partial charge < -0.3 is 0 Å². The molecule has 0 spiro atoms. The standard InChI is InChI=1S/C6H5O5PS/c7-12(8)11-13(9,10)6-4-2-1-3-5-6/h1-5H/p+1. The summed E-state index contributed by atoms with van der Waals surface area (Å²) in [5, 5.41) is 0. The second kappa shape index (κ2) is 3.93. The Balaban J connectivity index is 3.02. The Labute approximate surface area is 76.1 Å². The van der Waals surface area contributed by atoms with Crippen LogP contribution in [0.5, 0.6) is 0 Å². The molecule has 0 aromatic heterocycles. The van der Waals surface area contributed by atoms with E-state index in [2.05, 4.69) is 3.97 Å². The molecule has 0 amide bonds. The van der Waals surface area contributed by atoms with Gasteiger partial charge in [0.05, 0.1) is 4.90 Å². The molecule has 1 rings (SSSR count). The van der Waals surface area contributed by atoms with Crippen molar-refractivity contribution in [1.82, 2.24) is 0 Å². The molecule has 70 valence electrons. The molecule has 1 atom stereocenters. The minimum Gasteiger partial charge on any atom is -0.190 e. The summed E-state index contributed by atoms with van der Waals surface area (Å²) in [4.78, 5) is 8.11. The van der Waals surface area contributed by atoms with E-state index in [1.54, 1.807) is 6.07 Å². The lowest BCUT2D eigenvalue weighted by molar-refractivity contribution is 0.404. The van der Waals surface area contributed by atoms with Crippen LogP contribution in [0.15, 0.2) is 35.2 Å². The van der Waals surface area contributed by atoms with Gasteiger partial charge in [0, 0.05) is 8.54 Å². The molecule has 0 saturated carbocycles. The molecule has 5 nitrogen and oxygen atoms in total. The van der Waals surface area contributed by atoms with Gasteiger partial charge in [-0.2, -0.15) is 8.42 Å². The third-order valence-electron chi connectivity index (χ3n) is 1.19. The largest absolute Gasteiger partial charge is 0.712 e. The van der Waals surface area contributed by atoms with Crippen LogP contribution < -0.4 is 0 Å². The van der Waals surface area contributed by atoms with Crippen LogP contribution in [-0.2, 0) is 18.7 Å². The molecular formula is C6H6O5PS+. The molecule has 0 radical (unpaired) electrons. The van der Waals surface area contributed by atoms with E-state index < -0.39 is 18.4 Å². The van der Waals surface area contributed by atoms with Gasteiger partial charge in [0.15, 0.2) is 0 Å². The third-order valence-corrected chi connectivity index (χ3v) is 3.34. The van der Waals surface area contributed by atoms with Crippen LogP contribution in [0, 0.1) is 0 Å². The number of rotatable bonds is 3. The molecule has 1 unspecified atom stereocenters. The second-order valence-electron chi connectivity index (χ2n) is 2.08. The van der Waals surface area contributed by atoms with Crippen molar-refractivity contribution in [3.8, 4) is 0 Å². The Hall–Kier alpha value is -0.810. The summed E-state index contributed by atoms with van der Waals surface area (Å²) < 4.78 is 36.1. The van der Waals surface area contributed by atoms with Crippen LogP contribution in [0.2, 0.25) is 0 Å². The van der Waals surface area contributed by atoms with Crippen molar-refractivity contribution in [2.75, 3.05) is 0 Å². The summed E-state index contributed by atoms with van der Waals surface area (Å²) in [5.74, 6) is 0. The lowest BCUT2D eigenvalue weighted by Crippen LogP contribution is -2.00. The first kappa shape index (κ1) is 10.3. The van der Waals surface area contributed by atoms with Crippen molar-refractivity contribution >= 4 is 18.4 Å². The zero-order valence-corrected chi connectivity index (χ0v) is 8.03. The summed E-state index contributed by atoms with van der Waals surface area (Å²) in [6, 6.07) is 7.14. The fourth-order valence-corrected chi connectivity index (χ4v) is 2.22. The molecule has 13 heavy (non-hydrogen) atoms. The normalized spacial score (nSPS) is 12.5. The molecular weight excluding hydrogens is 215 g/mol. The monoisotopic (exact) mass is 221 g/mol. The second-order valence-corrected chi connectivity index (χ2v) is 4.53. The van der Waals surface area contributed by atoms with Gasteiger partial charge in [-0.25, -0.2) is 0 Å². The molecule has 0 bridgehead atoms. The predicted molar refractivity (Wildman–Crippen MR) is 44.5 cm³/mol. The Bertz CT molecular complexity index is 398. The van der Waals surface area contributed by atoms with Crippen molar-refractivity contribution in [2.45, 2.75) is 4.90 Å². The third kappa shape index (κ3) is 2.86. The van der Waals surface area contributed by atoms with Crippen LogP contribution in [0.3, 0.4) is 0 Å². The highest BCUT2D eigenvalue weighted by atomic mass is 32.2. The quantitative estimate of drug-likeness (QED) is 0.771. The summed E-state index contributed by atoms with van der Waals surface area (Å²) in [7, 11) is -7.24. The Kier molecular flexibility index (Phi) is 3.11. The molecule has 1 aromatic rings. The van der Waals surface area contributed by atoms with E-state index in [0.717, 1.165) is 0 Å². The smallest absolute Gasteiger partial charge is 0.190 e. The van der Waals surface area contributed by atoms with Crippen LogP contribution in [0.1, 0.15) is 0 Å². The van der Waals surface area contributed by atoms with Crippen LogP contribution in [0.25, 0.3) is 0 Å². The van der Waals surface area contributed by atoms with E-state index in [9.17, 15) is 13.0 Å². The van der Waals surface area contributed by atoms with Gasteiger partial charge in [0.1, 0.15) is 0 Å². The average Bonchev–Trinajstić information content (AvgIpc) is 2.04. The molecule has 0 heterocycles. The molecule has 0 aliphatic heterocycles. The fraction of sp³-hybridized carbons (Fsp3) is 0. The predicted octanol–water partition coefficient (Wildman–Crippen LogP) is 1.04. The molecule has 0 saturated heterocycles. The maximum absolute atomic E-state index is 11.1. The zero-order chi connectivity index (χ0) is 9.90. The van der Waals surface area contributed by atoms with E-state index in [-0.39, 0.29) is 4.90 Å². The summed E-state index contributed by atoms with van der Waals surface area (Å²) in [6.45, 7) is 0.